The molecule has 0 aromatic rings. The fraction of sp³-hybridized carbons (Fsp3) is 0.667. The summed E-state index contributed by atoms with van der Waals surface area (Å²) in [6.07, 6.45) is -0.250. The predicted octanol–water partition coefficient (Wildman–Crippen LogP) is -2.21. The molecule has 16 heavy (non-hydrogen) atoms. The monoisotopic (exact) mass is 232 g/mol. The topological polar surface area (TPSA) is 121 Å². The van der Waals surface area contributed by atoms with Crippen molar-refractivity contribution in [3.05, 3.63) is 0 Å². The Balaban J connectivity index is 0. The maximum atomic E-state index is 9.15. The summed E-state index contributed by atoms with van der Waals surface area (Å²) < 4.78 is 0.697. The first kappa shape index (κ1) is 16.8. The second-order valence-corrected chi connectivity index (χ2v) is 4.08. The molecule has 7 nitrogen and oxygen atoms in total. The predicted molar refractivity (Wildman–Crippen MR) is 51.8 cm³/mol. The van der Waals surface area contributed by atoms with Crippen molar-refractivity contribution in [2.75, 3.05) is 27.7 Å². The number of carboxylic acid groups (broad SMARTS) is 2. The standard InChI is InChI=1S/C7H15N2O.C2H2O4/c1-9(2,3)6-7(10)4-5-8;3-1(4)2(5)6/h7,10H,4,6H2,1-3H3;(H,3,4)(H,5,6)/q+1;/p-1. The van der Waals surface area contributed by atoms with Crippen molar-refractivity contribution in [3.63, 3.8) is 0 Å². The number of hydrogen-bond donors (Lipinski definition) is 2. The van der Waals surface area contributed by atoms with Crippen LogP contribution in [0.1, 0.15) is 6.42 Å². The highest BCUT2D eigenvalue weighted by Crippen LogP contribution is 1.97. The third-order valence-electron chi connectivity index (χ3n) is 1.26. The number of likely N-dealkylation sites (N-methyl/N-ethyl adjacent to an activating group) is 1. The number of aliphatic hydroxyl groups excluding tert-OH is 1. The molecule has 92 valence electrons. The van der Waals surface area contributed by atoms with E-state index in [2.05, 4.69) is 0 Å². The molecule has 0 amide bonds. The molecule has 0 spiro atoms. The van der Waals surface area contributed by atoms with Gasteiger partial charge >= 0.3 is 5.97 Å². The molecule has 0 aliphatic heterocycles. The van der Waals surface area contributed by atoms with E-state index in [0.717, 1.165) is 0 Å². The van der Waals surface area contributed by atoms with Crippen LogP contribution in [-0.2, 0) is 9.59 Å². The molecule has 0 aromatic carbocycles. The lowest BCUT2D eigenvalue weighted by atomic mass is 10.2. The van der Waals surface area contributed by atoms with Crippen LogP contribution in [-0.4, -0.2) is 60.4 Å². The number of carbonyl (C=O) groups excluding carboxylic acids is 1. The van der Waals surface area contributed by atoms with Crippen molar-refractivity contribution in [3.8, 4) is 6.07 Å². The van der Waals surface area contributed by atoms with E-state index >= 15 is 0 Å². The minimum atomic E-state index is -2.07. The Bertz CT molecular complexity index is 265. The number of aliphatic hydroxyl groups is 1. The quantitative estimate of drug-likeness (QED) is 0.420. The number of quaternary nitrogens is 1. The van der Waals surface area contributed by atoms with E-state index in [-0.39, 0.29) is 6.42 Å². The first-order valence-corrected chi connectivity index (χ1v) is 4.40. The minimum absolute atomic E-state index is 0.232. The molecule has 0 rings (SSSR count). The van der Waals surface area contributed by atoms with Crippen LogP contribution in [0.3, 0.4) is 0 Å². The lowest BCUT2D eigenvalue weighted by molar-refractivity contribution is -0.873. The summed E-state index contributed by atoms with van der Waals surface area (Å²) in [6.45, 7) is 0.633. The summed E-state index contributed by atoms with van der Waals surface area (Å²) in [5.41, 5.74) is 0. The van der Waals surface area contributed by atoms with Gasteiger partial charge in [-0.15, -0.1) is 0 Å². The highest BCUT2D eigenvalue weighted by molar-refractivity contribution is 6.26. The number of aliphatic carboxylic acids is 2. The normalized spacial score (nSPS) is 11.7. The van der Waals surface area contributed by atoms with Gasteiger partial charge < -0.3 is 24.6 Å². The van der Waals surface area contributed by atoms with Gasteiger partial charge in [-0.05, 0) is 0 Å². The Labute approximate surface area is 93.7 Å². The number of nitriles is 1. The zero-order chi connectivity index (χ0) is 13.4. The van der Waals surface area contributed by atoms with E-state index in [1.54, 1.807) is 0 Å². The summed E-state index contributed by atoms with van der Waals surface area (Å²) in [6, 6.07) is 1.93. The van der Waals surface area contributed by atoms with Crippen molar-refractivity contribution in [2.24, 2.45) is 0 Å². The third kappa shape index (κ3) is 14.9. The number of rotatable bonds is 3. The molecule has 0 aliphatic carbocycles. The Morgan fingerprint density at radius 1 is 1.44 bits per heavy atom. The van der Waals surface area contributed by atoms with Crippen LogP contribution in [0.25, 0.3) is 0 Å². The van der Waals surface area contributed by atoms with Crippen molar-refractivity contribution in [1.29, 1.82) is 5.26 Å². The molecule has 1 atom stereocenters. The van der Waals surface area contributed by atoms with Gasteiger partial charge in [0.25, 0.3) is 0 Å². The molecule has 0 saturated carbocycles. The largest absolute Gasteiger partial charge is 0.539 e. The van der Waals surface area contributed by atoms with Crippen LogP contribution < -0.4 is 5.11 Å². The molecule has 0 bridgehead atoms. The van der Waals surface area contributed by atoms with Crippen LogP contribution in [0.5, 0.6) is 0 Å². The van der Waals surface area contributed by atoms with Crippen molar-refractivity contribution in [1.82, 2.24) is 0 Å². The second kappa shape index (κ2) is 7.62. The Morgan fingerprint density at radius 2 is 1.81 bits per heavy atom. The van der Waals surface area contributed by atoms with Gasteiger partial charge in [-0.25, -0.2) is 4.79 Å². The number of hydrogen-bond acceptors (Lipinski definition) is 5. The number of nitrogens with zero attached hydrogens (tertiary/aromatic N) is 2. The fourth-order valence-corrected chi connectivity index (χ4v) is 0.802. The molecule has 1 unspecified atom stereocenters. The molecule has 0 heterocycles. The highest BCUT2D eigenvalue weighted by Gasteiger charge is 2.14. The van der Waals surface area contributed by atoms with Gasteiger partial charge in [0.1, 0.15) is 12.6 Å². The van der Waals surface area contributed by atoms with Crippen LogP contribution in [0.15, 0.2) is 0 Å². The lowest BCUT2D eigenvalue weighted by Gasteiger charge is -2.25. The summed E-state index contributed by atoms with van der Waals surface area (Å²) in [7, 11) is 5.96. The highest BCUT2D eigenvalue weighted by atomic mass is 16.4. The van der Waals surface area contributed by atoms with Crippen LogP contribution in [0, 0.1) is 11.3 Å². The molecule has 0 aliphatic rings. The van der Waals surface area contributed by atoms with Gasteiger partial charge in [-0.1, -0.05) is 0 Å². The minimum Gasteiger partial charge on any atom is -0.539 e. The second-order valence-electron chi connectivity index (χ2n) is 4.08. The average Bonchev–Trinajstić information content (AvgIpc) is 2.01. The van der Waals surface area contributed by atoms with E-state index in [9.17, 15) is 0 Å². The Kier molecular flexibility index (Phi) is 7.98. The van der Waals surface area contributed by atoms with E-state index in [4.69, 9.17) is 30.2 Å². The van der Waals surface area contributed by atoms with Gasteiger partial charge in [-0.2, -0.15) is 5.26 Å². The molecule has 2 N–H and O–H groups in total. The Morgan fingerprint density at radius 3 is 2.00 bits per heavy atom. The first-order valence-electron chi connectivity index (χ1n) is 4.40. The fourth-order valence-electron chi connectivity index (χ4n) is 0.802. The molecule has 0 radical (unpaired) electrons. The summed E-state index contributed by atoms with van der Waals surface area (Å²) in [4.78, 5) is 18.0. The van der Waals surface area contributed by atoms with E-state index < -0.39 is 18.0 Å². The maximum Gasteiger partial charge on any atom is 0.351 e. The van der Waals surface area contributed by atoms with Crippen LogP contribution in [0.2, 0.25) is 0 Å². The SMILES string of the molecule is C[N+](C)(C)CC(O)CC#N.O=C([O-])C(=O)O. The molecular weight excluding hydrogens is 216 g/mol. The summed E-state index contributed by atoms with van der Waals surface area (Å²) in [5, 5.41) is 33.7. The summed E-state index contributed by atoms with van der Waals surface area (Å²) in [5.74, 6) is -4.01. The lowest BCUT2D eigenvalue weighted by Crippen LogP contribution is -2.41. The zero-order valence-corrected chi connectivity index (χ0v) is 9.51. The van der Waals surface area contributed by atoms with Crippen molar-refractivity contribution < 1.29 is 29.4 Å². The van der Waals surface area contributed by atoms with E-state index in [1.165, 1.54) is 0 Å². The van der Waals surface area contributed by atoms with Gasteiger partial charge in [-0.3, -0.25) is 0 Å². The molecule has 0 fully saturated rings. The van der Waals surface area contributed by atoms with Crippen molar-refractivity contribution in [2.45, 2.75) is 12.5 Å². The first-order chi connectivity index (χ1) is 7.10. The zero-order valence-electron chi connectivity index (χ0n) is 9.51. The van der Waals surface area contributed by atoms with Gasteiger partial charge in [0.15, 0.2) is 5.97 Å². The van der Waals surface area contributed by atoms with E-state index in [0.29, 0.717) is 11.0 Å². The average molecular weight is 232 g/mol. The molecule has 7 heteroatoms. The third-order valence-corrected chi connectivity index (χ3v) is 1.26. The van der Waals surface area contributed by atoms with Gasteiger partial charge in [0, 0.05) is 0 Å². The molecular formula is C9H16N2O5. The number of carbonyl (C=O) groups is 2. The molecule has 0 saturated heterocycles. The van der Waals surface area contributed by atoms with Crippen molar-refractivity contribution >= 4 is 11.9 Å². The van der Waals surface area contributed by atoms with E-state index in [1.807, 2.05) is 27.2 Å². The van der Waals surface area contributed by atoms with Gasteiger partial charge in [0.05, 0.1) is 33.6 Å². The smallest absolute Gasteiger partial charge is 0.351 e. The van der Waals surface area contributed by atoms with Gasteiger partial charge in [0.2, 0.25) is 0 Å². The maximum absolute atomic E-state index is 9.15. The van der Waals surface area contributed by atoms with Crippen LogP contribution in [0.4, 0.5) is 0 Å². The molecule has 0 aromatic heterocycles. The summed E-state index contributed by atoms with van der Waals surface area (Å²) >= 11 is 0. The van der Waals surface area contributed by atoms with Crippen LogP contribution >= 0.6 is 0 Å². The number of carboxylic acids is 2. The Hall–Kier alpha value is -1.65.